The average molecular weight is 178 g/mol. The number of nitrogens with one attached hydrogen (secondary N) is 1. The number of aromatic nitrogens is 1. The molecule has 13 heavy (non-hydrogen) atoms. The standard InChI is InChI=1S/C9H10N2O2/c12-5-7-3-1-6-2-4-8(13)11-9(6)10-7/h1,3,12H,2,4-5H2,(H,10,11,13). The van der Waals surface area contributed by atoms with Crippen molar-refractivity contribution in [2.75, 3.05) is 5.32 Å². The van der Waals surface area contributed by atoms with E-state index < -0.39 is 0 Å². The maximum Gasteiger partial charge on any atom is 0.225 e. The highest BCUT2D eigenvalue weighted by atomic mass is 16.3. The van der Waals surface area contributed by atoms with E-state index in [1.165, 1.54) is 0 Å². The molecular formula is C9H10N2O2. The van der Waals surface area contributed by atoms with Crippen LogP contribution in [0.1, 0.15) is 17.7 Å². The van der Waals surface area contributed by atoms with Crippen molar-refractivity contribution in [3.05, 3.63) is 23.4 Å². The van der Waals surface area contributed by atoms with Crippen molar-refractivity contribution in [1.29, 1.82) is 0 Å². The van der Waals surface area contributed by atoms with Crippen molar-refractivity contribution < 1.29 is 9.90 Å². The Morgan fingerprint density at radius 2 is 2.31 bits per heavy atom. The van der Waals surface area contributed by atoms with Crippen LogP contribution in [0.5, 0.6) is 0 Å². The Morgan fingerprint density at radius 1 is 1.46 bits per heavy atom. The number of aryl methyl sites for hydroxylation is 1. The number of carbonyl (C=O) groups is 1. The molecule has 68 valence electrons. The minimum absolute atomic E-state index is 0.00455. The van der Waals surface area contributed by atoms with E-state index in [4.69, 9.17) is 5.11 Å². The van der Waals surface area contributed by atoms with Crippen molar-refractivity contribution in [3.8, 4) is 0 Å². The number of aliphatic hydroxyl groups excluding tert-OH is 1. The highest BCUT2D eigenvalue weighted by Crippen LogP contribution is 2.20. The van der Waals surface area contributed by atoms with Crippen molar-refractivity contribution in [2.24, 2.45) is 0 Å². The maximum absolute atomic E-state index is 11.0. The fourth-order valence-electron chi connectivity index (χ4n) is 1.37. The molecule has 0 aliphatic carbocycles. The zero-order chi connectivity index (χ0) is 9.26. The SMILES string of the molecule is O=C1CCc2ccc(CO)nc2N1. The number of anilines is 1. The second kappa shape index (κ2) is 3.14. The average Bonchev–Trinajstić information content (AvgIpc) is 2.16. The van der Waals surface area contributed by atoms with Crippen molar-refractivity contribution in [3.63, 3.8) is 0 Å². The number of carbonyl (C=O) groups excluding carboxylic acids is 1. The third-order valence-electron chi connectivity index (χ3n) is 2.08. The number of rotatable bonds is 1. The van der Waals surface area contributed by atoms with Gasteiger partial charge in [0.25, 0.3) is 0 Å². The first kappa shape index (κ1) is 8.19. The van der Waals surface area contributed by atoms with Gasteiger partial charge in [-0.1, -0.05) is 6.07 Å². The lowest BCUT2D eigenvalue weighted by molar-refractivity contribution is -0.116. The lowest BCUT2D eigenvalue weighted by atomic mass is 10.1. The van der Waals surface area contributed by atoms with Crippen molar-refractivity contribution in [1.82, 2.24) is 4.98 Å². The predicted molar refractivity (Wildman–Crippen MR) is 47.1 cm³/mol. The van der Waals surface area contributed by atoms with Gasteiger partial charge < -0.3 is 10.4 Å². The van der Waals surface area contributed by atoms with Crippen LogP contribution >= 0.6 is 0 Å². The Labute approximate surface area is 75.6 Å². The normalized spacial score (nSPS) is 15.0. The molecule has 2 rings (SSSR count). The highest BCUT2D eigenvalue weighted by Gasteiger charge is 2.15. The Morgan fingerprint density at radius 3 is 3.08 bits per heavy atom. The number of hydrogen-bond acceptors (Lipinski definition) is 3. The number of amides is 1. The van der Waals surface area contributed by atoms with Crippen LogP contribution in [0, 0.1) is 0 Å². The smallest absolute Gasteiger partial charge is 0.225 e. The van der Waals surface area contributed by atoms with Crippen LogP contribution < -0.4 is 5.32 Å². The lowest BCUT2D eigenvalue weighted by Gasteiger charge is -2.15. The molecule has 1 aromatic rings. The van der Waals surface area contributed by atoms with E-state index in [-0.39, 0.29) is 12.5 Å². The lowest BCUT2D eigenvalue weighted by Crippen LogP contribution is -2.20. The zero-order valence-electron chi connectivity index (χ0n) is 7.08. The number of fused-ring (bicyclic) bond motifs is 1. The molecule has 0 unspecified atom stereocenters. The summed E-state index contributed by atoms with van der Waals surface area (Å²) in [5.74, 6) is 0.595. The summed E-state index contributed by atoms with van der Waals surface area (Å²) in [6, 6.07) is 3.67. The molecule has 1 aliphatic heterocycles. The van der Waals surface area contributed by atoms with E-state index in [0.29, 0.717) is 17.9 Å². The molecule has 4 heteroatoms. The second-order valence-corrected chi connectivity index (χ2v) is 3.02. The molecule has 1 aromatic heterocycles. The van der Waals surface area contributed by atoms with Gasteiger partial charge >= 0.3 is 0 Å². The predicted octanol–water partition coefficient (Wildman–Crippen LogP) is 0.459. The van der Waals surface area contributed by atoms with E-state index in [1.807, 2.05) is 6.07 Å². The molecule has 0 saturated carbocycles. The largest absolute Gasteiger partial charge is 0.390 e. The number of pyridine rings is 1. The number of aliphatic hydroxyl groups is 1. The van der Waals surface area contributed by atoms with Crippen molar-refractivity contribution in [2.45, 2.75) is 19.4 Å². The molecule has 1 aliphatic rings. The van der Waals surface area contributed by atoms with Gasteiger partial charge in [0.05, 0.1) is 12.3 Å². The van der Waals surface area contributed by atoms with Crippen LogP contribution in [0.25, 0.3) is 0 Å². The molecular weight excluding hydrogens is 168 g/mol. The van der Waals surface area contributed by atoms with Gasteiger partial charge in [-0.2, -0.15) is 0 Å². The summed E-state index contributed by atoms with van der Waals surface area (Å²) in [4.78, 5) is 15.1. The van der Waals surface area contributed by atoms with E-state index in [1.54, 1.807) is 6.07 Å². The quantitative estimate of drug-likeness (QED) is 0.656. The molecule has 0 saturated heterocycles. The summed E-state index contributed by atoms with van der Waals surface area (Å²) >= 11 is 0. The topological polar surface area (TPSA) is 62.2 Å². The summed E-state index contributed by atoms with van der Waals surface area (Å²) in [6.45, 7) is -0.0941. The van der Waals surface area contributed by atoms with Gasteiger partial charge in [-0.15, -0.1) is 0 Å². The first-order valence-electron chi connectivity index (χ1n) is 4.19. The van der Waals surface area contributed by atoms with E-state index in [0.717, 1.165) is 12.0 Å². The Balaban J connectivity index is 2.38. The molecule has 2 heterocycles. The van der Waals surface area contributed by atoms with Crippen molar-refractivity contribution >= 4 is 11.7 Å². The van der Waals surface area contributed by atoms with Gasteiger partial charge in [0, 0.05) is 6.42 Å². The molecule has 0 fully saturated rings. The molecule has 1 amide bonds. The first-order valence-corrected chi connectivity index (χ1v) is 4.19. The van der Waals surface area contributed by atoms with Crippen LogP contribution in [0.2, 0.25) is 0 Å². The Hall–Kier alpha value is -1.42. The van der Waals surface area contributed by atoms with Gasteiger partial charge in [0.2, 0.25) is 5.91 Å². The Kier molecular flexibility index (Phi) is 1.98. The minimum Gasteiger partial charge on any atom is -0.390 e. The second-order valence-electron chi connectivity index (χ2n) is 3.02. The molecule has 4 nitrogen and oxygen atoms in total. The van der Waals surface area contributed by atoms with Crippen LogP contribution in [0.15, 0.2) is 12.1 Å². The molecule has 0 radical (unpaired) electrons. The van der Waals surface area contributed by atoms with Crippen LogP contribution in [-0.2, 0) is 17.8 Å². The summed E-state index contributed by atoms with van der Waals surface area (Å²) in [7, 11) is 0. The third-order valence-corrected chi connectivity index (χ3v) is 2.08. The molecule has 0 bridgehead atoms. The van der Waals surface area contributed by atoms with E-state index in [2.05, 4.69) is 10.3 Å². The summed E-state index contributed by atoms with van der Waals surface area (Å²) < 4.78 is 0. The first-order chi connectivity index (χ1) is 6.29. The van der Waals surface area contributed by atoms with Gasteiger partial charge in [0.15, 0.2) is 0 Å². The molecule has 0 atom stereocenters. The fourth-order valence-corrected chi connectivity index (χ4v) is 1.37. The Bertz CT molecular complexity index is 349. The third kappa shape index (κ3) is 1.53. The minimum atomic E-state index is -0.0941. The van der Waals surface area contributed by atoms with Crippen LogP contribution in [0.4, 0.5) is 5.82 Å². The van der Waals surface area contributed by atoms with E-state index in [9.17, 15) is 4.79 Å². The monoisotopic (exact) mass is 178 g/mol. The zero-order valence-corrected chi connectivity index (χ0v) is 7.08. The van der Waals surface area contributed by atoms with Gasteiger partial charge in [-0.05, 0) is 18.1 Å². The highest BCUT2D eigenvalue weighted by molar-refractivity contribution is 5.92. The maximum atomic E-state index is 11.0. The molecule has 0 aromatic carbocycles. The number of hydrogen-bond donors (Lipinski definition) is 2. The molecule has 0 spiro atoms. The van der Waals surface area contributed by atoms with Crippen LogP contribution in [0.3, 0.4) is 0 Å². The van der Waals surface area contributed by atoms with Gasteiger partial charge in [0.1, 0.15) is 5.82 Å². The number of nitrogens with zero attached hydrogens (tertiary/aromatic N) is 1. The van der Waals surface area contributed by atoms with Crippen LogP contribution in [-0.4, -0.2) is 16.0 Å². The molecule has 2 N–H and O–H groups in total. The summed E-state index contributed by atoms with van der Waals surface area (Å²) in [6.07, 6.45) is 1.26. The summed E-state index contributed by atoms with van der Waals surface area (Å²) in [5.41, 5.74) is 1.62. The van der Waals surface area contributed by atoms with Gasteiger partial charge in [-0.25, -0.2) is 4.98 Å². The fraction of sp³-hybridized carbons (Fsp3) is 0.333. The van der Waals surface area contributed by atoms with Gasteiger partial charge in [-0.3, -0.25) is 4.79 Å². The van der Waals surface area contributed by atoms with E-state index >= 15 is 0 Å². The summed E-state index contributed by atoms with van der Waals surface area (Å²) in [5, 5.41) is 11.5.